The van der Waals surface area contributed by atoms with Crippen molar-refractivity contribution in [3.05, 3.63) is 34.9 Å². The van der Waals surface area contributed by atoms with Crippen molar-refractivity contribution in [2.45, 2.75) is 46.1 Å². The van der Waals surface area contributed by atoms with Crippen LogP contribution >= 0.6 is 23.8 Å². The molecule has 116 valence electrons. The van der Waals surface area contributed by atoms with Gasteiger partial charge in [-0.1, -0.05) is 56.7 Å². The van der Waals surface area contributed by atoms with Crippen molar-refractivity contribution >= 4 is 28.8 Å². The molecule has 1 fully saturated rings. The fraction of sp³-hybridized carbons (Fsp3) is 0.588. The maximum Gasteiger partial charge on any atom is 0.106 e. The lowest BCUT2D eigenvalue weighted by molar-refractivity contribution is -0.00679. The zero-order valence-electron chi connectivity index (χ0n) is 12.9. The lowest BCUT2D eigenvalue weighted by Gasteiger charge is -2.45. The molecular weight excluding hydrogens is 302 g/mol. The zero-order chi connectivity index (χ0) is 15.7. The van der Waals surface area contributed by atoms with Gasteiger partial charge in [-0.3, -0.25) is 0 Å². The number of benzene rings is 1. The number of hydrogen-bond donors (Lipinski definition) is 2. The van der Waals surface area contributed by atoms with E-state index in [0.717, 1.165) is 36.4 Å². The highest BCUT2D eigenvalue weighted by Crippen LogP contribution is 2.45. The van der Waals surface area contributed by atoms with E-state index < -0.39 is 0 Å². The fourth-order valence-electron chi connectivity index (χ4n) is 3.74. The lowest BCUT2D eigenvalue weighted by Crippen LogP contribution is -2.45. The second-order valence-corrected chi connectivity index (χ2v) is 8.25. The molecule has 0 amide bonds. The molecule has 4 heteroatoms. The Morgan fingerprint density at radius 1 is 1.38 bits per heavy atom. The second-order valence-electron chi connectivity index (χ2n) is 7.41. The summed E-state index contributed by atoms with van der Waals surface area (Å²) in [7, 11) is 0. The quantitative estimate of drug-likeness (QED) is 0.818. The molecule has 0 unspecified atom stereocenters. The number of rotatable bonds is 3. The van der Waals surface area contributed by atoms with Gasteiger partial charge in [-0.15, -0.1) is 0 Å². The number of nitrogens with one attached hydrogen (secondary N) is 1. The fourth-order valence-corrected chi connectivity index (χ4v) is 4.13. The molecule has 1 aliphatic rings. The zero-order valence-corrected chi connectivity index (χ0v) is 14.5. The van der Waals surface area contributed by atoms with Gasteiger partial charge in [-0.2, -0.15) is 0 Å². The van der Waals surface area contributed by atoms with Gasteiger partial charge in [0.05, 0.1) is 6.10 Å². The first-order valence-corrected chi connectivity index (χ1v) is 8.20. The van der Waals surface area contributed by atoms with E-state index in [-0.39, 0.29) is 16.9 Å². The topological polar surface area (TPSA) is 32.3 Å². The minimum atomic E-state index is -0.222. The third kappa shape index (κ3) is 4.67. The first kappa shape index (κ1) is 16.7. The summed E-state index contributed by atoms with van der Waals surface area (Å²) in [6.45, 7) is 7.45. The molecule has 2 N–H and O–H groups in total. The van der Waals surface area contributed by atoms with Gasteiger partial charge in [0.25, 0.3) is 0 Å². The van der Waals surface area contributed by atoms with Crippen LogP contribution in [-0.4, -0.2) is 22.7 Å². The summed E-state index contributed by atoms with van der Waals surface area (Å²) in [4.78, 5) is 0.719. The largest absolute Gasteiger partial charge is 0.393 e. The molecule has 0 radical (unpaired) electrons. The Morgan fingerprint density at radius 2 is 2.10 bits per heavy atom. The standard InChI is InChI=1S/C17H24ClNOS/c1-16(2)8-14(20)9-17(3,10-16)11-19-15(21)12-5-4-6-13(18)7-12/h4-7,14,20H,8-11H2,1-3H3,(H,19,21)/t14-,17+/m0/s1. The Morgan fingerprint density at radius 3 is 2.71 bits per heavy atom. The Labute approximate surface area is 137 Å². The van der Waals surface area contributed by atoms with Gasteiger partial charge in [-0.25, -0.2) is 0 Å². The third-order valence-corrected chi connectivity index (χ3v) is 4.80. The summed E-state index contributed by atoms with van der Waals surface area (Å²) in [5.41, 5.74) is 1.17. The highest BCUT2D eigenvalue weighted by Gasteiger charge is 2.40. The van der Waals surface area contributed by atoms with Gasteiger partial charge in [0, 0.05) is 17.1 Å². The van der Waals surface area contributed by atoms with E-state index in [1.165, 1.54) is 0 Å². The molecule has 21 heavy (non-hydrogen) atoms. The van der Waals surface area contributed by atoms with Crippen molar-refractivity contribution in [1.82, 2.24) is 5.32 Å². The first-order valence-electron chi connectivity index (χ1n) is 7.41. The minimum absolute atomic E-state index is 0.0593. The van der Waals surface area contributed by atoms with Crippen LogP contribution in [0.25, 0.3) is 0 Å². The summed E-state index contributed by atoms with van der Waals surface area (Å²) >= 11 is 11.5. The van der Waals surface area contributed by atoms with Crippen molar-refractivity contribution in [1.29, 1.82) is 0 Å². The van der Waals surface area contributed by atoms with Crippen LogP contribution in [0.2, 0.25) is 5.02 Å². The van der Waals surface area contributed by atoms with Crippen LogP contribution in [0, 0.1) is 10.8 Å². The number of hydrogen-bond acceptors (Lipinski definition) is 2. The van der Waals surface area contributed by atoms with Crippen molar-refractivity contribution in [2.24, 2.45) is 10.8 Å². The van der Waals surface area contributed by atoms with Crippen LogP contribution in [0.3, 0.4) is 0 Å². The van der Waals surface area contributed by atoms with E-state index in [1.807, 2.05) is 24.3 Å². The molecule has 0 spiro atoms. The monoisotopic (exact) mass is 325 g/mol. The van der Waals surface area contributed by atoms with Gasteiger partial charge in [0.2, 0.25) is 0 Å². The van der Waals surface area contributed by atoms with Crippen LogP contribution in [0.15, 0.2) is 24.3 Å². The Bertz CT molecular complexity index is 531. The first-order chi connectivity index (χ1) is 9.69. The van der Waals surface area contributed by atoms with Gasteiger partial charge in [0.15, 0.2) is 0 Å². The van der Waals surface area contributed by atoms with Crippen molar-refractivity contribution in [2.75, 3.05) is 6.54 Å². The summed E-state index contributed by atoms with van der Waals surface area (Å²) in [5.74, 6) is 0. The van der Waals surface area contributed by atoms with Crippen LogP contribution in [0.5, 0.6) is 0 Å². The van der Waals surface area contributed by atoms with E-state index in [4.69, 9.17) is 23.8 Å². The molecule has 1 aliphatic carbocycles. The van der Waals surface area contributed by atoms with E-state index >= 15 is 0 Å². The lowest BCUT2D eigenvalue weighted by atomic mass is 9.63. The van der Waals surface area contributed by atoms with Crippen LogP contribution in [0.1, 0.15) is 45.6 Å². The summed E-state index contributed by atoms with van der Waals surface area (Å²) < 4.78 is 0. The maximum absolute atomic E-state index is 10.1. The Kier molecular flexibility index (Phi) is 4.96. The normalized spacial score (nSPS) is 28.1. The number of aliphatic hydroxyl groups excluding tert-OH is 1. The number of halogens is 1. The van der Waals surface area contributed by atoms with Gasteiger partial charge in [-0.05, 0) is 42.2 Å². The van der Waals surface area contributed by atoms with Crippen LogP contribution in [0.4, 0.5) is 0 Å². The molecule has 0 aliphatic heterocycles. The minimum Gasteiger partial charge on any atom is -0.393 e. The molecule has 0 aromatic heterocycles. The molecule has 2 atom stereocenters. The second kappa shape index (κ2) is 6.23. The Balaban J connectivity index is 2.00. The van der Waals surface area contributed by atoms with E-state index in [2.05, 4.69) is 26.1 Å². The third-order valence-electron chi connectivity index (χ3n) is 4.18. The van der Waals surface area contributed by atoms with Crippen molar-refractivity contribution < 1.29 is 5.11 Å². The predicted molar refractivity (Wildman–Crippen MR) is 92.9 cm³/mol. The number of aliphatic hydroxyl groups is 1. The van der Waals surface area contributed by atoms with E-state index in [1.54, 1.807) is 0 Å². The van der Waals surface area contributed by atoms with Crippen molar-refractivity contribution in [3.8, 4) is 0 Å². The van der Waals surface area contributed by atoms with E-state index in [9.17, 15) is 5.11 Å². The molecule has 0 heterocycles. The Hall–Kier alpha value is -0.640. The van der Waals surface area contributed by atoms with E-state index in [0.29, 0.717) is 5.02 Å². The van der Waals surface area contributed by atoms with Gasteiger partial charge >= 0.3 is 0 Å². The van der Waals surface area contributed by atoms with Crippen LogP contribution in [-0.2, 0) is 0 Å². The molecule has 1 saturated carbocycles. The summed E-state index contributed by atoms with van der Waals surface area (Å²) in [5, 5.41) is 14.2. The maximum atomic E-state index is 10.1. The average Bonchev–Trinajstić information content (AvgIpc) is 2.33. The predicted octanol–water partition coefficient (Wildman–Crippen LogP) is 4.18. The van der Waals surface area contributed by atoms with Crippen molar-refractivity contribution in [3.63, 3.8) is 0 Å². The summed E-state index contributed by atoms with van der Waals surface area (Å²) in [6, 6.07) is 7.58. The van der Waals surface area contributed by atoms with Gasteiger partial charge in [0.1, 0.15) is 4.99 Å². The highest BCUT2D eigenvalue weighted by molar-refractivity contribution is 7.80. The molecule has 0 saturated heterocycles. The molecule has 2 rings (SSSR count). The van der Waals surface area contributed by atoms with Crippen LogP contribution < -0.4 is 5.32 Å². The molecule has 1 aromatic rings. The highest BCUT2D eigenvalue weighted by atomic mass is 35.5. The number of thiocarbonyl (C=S) groups is 1. The van der Waals surface area contributed by atoms with Gasteiger partial charge < -0.3 is 10.4 Å². The summed E-state index contributed by atoms with van der Waals surface area (Å²) in [6.07, 6.45) is 2.56. The average molecular weight is 326 g/mol. The molecule has 2 nitrogen and oxygen atoms in total. The molecule has 1 aromatic carbocycles. The molecular formula is C17H24ClNOS. The SMILES string of the molecule is CC1(C)C[C@H](O)C[C@@](C)(CNC(=S)c2cccc(Cl)c2)C1. The smallest absolute Gasteiger partial charge is 0.106 e. The molecule has 0 bridgehead atoms.